The molecule has 164 valence electrons. The van der Waals surface area contributed by atoms with Gasteiger partial charge in [0.05, 0.1) is 5.56 Å². The maximum absolute atomic E-state index is 13.3. The van der Waals surface area contributed by atoms with Crippen LogP contribution in [0.4, 0.5) is 13.2 Å². The number of halogens is 3. The third-order valence-corrected chi connectivity index (χ3v) is 5.38. The fourth-order valence-corrected chi connectivity index (χ4v) is 3.68. The van der Waals surface area contributed by atoms with E-state index in [1.807, 2.05) is 6.92 Å². The van der Waals surface area contributed by atoms with Crippen LogP contribution in [0.3, 0.4) is 0 Å². The van der Waals surface area contributed by atoms with Gasteiger partial charge in [-0.2, -0.15) is 13.2 Å². The van der Waals surface area contributed by atoms with E-state index in [2.05, 4.69) is 20.6 Å². The Kier molecular flexibility index (Phi) is 5.48. The summed E-state index contributed by atoms with van der Waals surface area (Å²) in [4.78, 5) is 16.2. The van der Waals surface area contributed by atoms with Crippen molar-refractivity contribution in [3.8, 4) is 5.69 Å². The van der Waals surface area contributed by atoms with Crippen molar-refractivity contribution in [3.63, 3.8) is 0 Å². The minimum atomic E-state index is -4.84. The Morgan fingerprint density at radius 3 is 2.77 bits per heavy atom. The molecule has 0 saturated carbocycles. The number of alkyl halides is 3. The summed E-state index contributed by atoms with van der Waals surface area (Å²) in [6.45, 7) is 2.14. The largest absolute Gasteiger partial charge is 0.420 e. The maximum atomic E-state index is 13.3. The number of benzene rings is 1. The number of carbonyl (C=O) groups is 1. The number of aromatic nitrogens is 5. The summed E-state index contributed by atoms with van der Waals surface area (Å²) in [5.41, 5.74) is 0.245. The van der Waals surface area contributed by atoms with Gasteiger partial charge in [0, 0.05) is 24.6 Å². The van der Waals surface area contributed by atoms with Gasteiger partial charge in [-0.25, -0.2) is 0 Å². The third kappa shape index (κ3) is 4.15. The molecule has 1 fully saturated rings. The lowest BCUT2D eigenvalue weighted by molar-refractivity contribution is -0.208. The minimum Gasteiger partial charge on any atom is -0.378 e. The van der Waals surface area contributed by atoms with Crippen molar-refractivity contribution in [1.29, 1.82) is 0 Å². The van der Waals surface area contributed by atoms with Gasteiger partial charge in [0.1, 0.15) is 17.1 Å². The van der Waals surface area contributed by atoms with Gasteiger partial charge in [-0.1, -0.05) is 17.3 Å². The van der Waals surface area contributed by atoms with E-state index >= 15 is 0 Å². The molecule has 0 bridgehead atoms. The zero-order valence-electron chi connectivity index (χ0n) is 16.4. The highest BCUT2D eigenvalue weighted by molar-refractivity contribution is 5.98. The van der Waals surface area contributed by atoms with Crippen LogP contribution in [0.5, 0.6) is 0 Å². The summed E-state index contributed by atoms with van der Waals surface area (Å²) in [7, 11) is 0. The Labute approximate surface area is 174 Å². The second-order valence-electron chi connectivity index (χ2n) is 7.42. The number of carbonyl (C=O) groups excluding carboxylic acids is 1. The summed E-state index contributed by atoms with van der Waals surface area (Å²) < 4.78 is 43.3. The van der Waals surface area contributed by atoms with Crippen molar-refractivity contribution in [3.05, 3.63) is 53.7 Å². The van der Waals surface area contributed by atoms with E-state index in [-0.39, 0.29) is 30.2 Å². The zero-order chi connectivity index (χ0) is 22.2. The summed E-state index contributed by atoms with van der Waals surface area (Å²) in [5, 5.41) is 24.3. The average molecular weight is 436 g/mol. The van der Waals surface area contributed by atoms with Crippen LogP contribution in [0, 0.1) is 0 Å². The summed E-state index contributed by atoms with van der Waals surface area (Å²) in [6, 6.07) is 7.84. The summed E-state index contributed by atoms with van der Waals surface area (Å²) in [6.07, 6.45) is -5.06. The van der Waals surface area contributed by atoms with Crippen molar-refractivity contribution in [2.75, 3.05) is 6.54 Å². The van der Waals surface area contributed by atoms with Crippen LogP contribution >= 0.6 is 0 Å². The molecule has 9 nitrogen and oxygen atoms in total. The van der Waals surface area contributed by atoms with Crippen LogP contribution in [0.15, 0.2) is 41.2 Å². The molecule has 12 heteroatoms. The van der Waals surface area contributed by atoms with Gasteiger partial charge in [0.2, 0.25) is 0 Å². The molecule has 3 atom stereocenters. The molecular weight excluding hydrogens is 417 g/mol. The molecule has 1 aliphatic rings. The number of nitrogens with zero attached hydrogens (tertiary/aromatic N) is 6. The number of hydrogen-bond donors (Lipinski definition) is 1. The minimum absolute atomic E-state index is 0.0938. The second-order valence-corrected chi connectivity index (χ2v) is 7.42. The van der Waals surface area contributed by atoms with Gasteiger partial charge in [0.15, 0.2) is 12.4 Å². The number of aliphatic hydroxyl groups excluding tert-OH is 1. The van der Waals surface area contributed by atoms with Crippen molar-refractivity contribution in [2.24, 2.45) is 0 Å². The number of para-hydroxylation sites is 1. The smallest absolute Gasteiger partial charge is 0.378 e. The average Bonchev–Trinajstić information content (AvgIpc) is 3.45. The topological polar surface area (TPSA) is 110 Å². The highest BCUT2D eigenvalue weighted by Gasteiger charge is 2.42. The third-order valence-electron chi connectivity index (χ3n) is 5.38. The van der Waals surface area contributed by atoms with Gasteiger partial charge in [0.25, 0.3) is 5.91 Å². The van der Waals surface area contributed by atoms with Crippen molar-refractivity contribution in [2.45, 2.75) is 44.0 Å². The zero-order valence-corrected chi connectivity index (χ0v) is 16.4. The molecule has 0 radical (unpaired) electrons. The highest BCUT2D eigenvalue weighted by atomic mass is 19.4. The lowest BCUT2D eigenvalue weighted by atomic mass is 9.90. The lowest BCUT2D eigenvalue weighted by Gasteiger charge is -2.37. The molecule has 0 unspecified atom stereocenters. The fourth-order valence-electron chi connectivity index (χ4n) is 3.68. The predicted molar refractivity (Wildman–Crippen MR) is 99.1 cm³/mol. The number of amides is 1. The van der Waals surface area contributed by atoms with Crippen molar-refractivity contribution >= 4 is 5.91 Å². The molecule has 1 aliphatic heterocycles. The molecule has 31 heavy (non-hydrogen) atoms. The first kappa shape index (κ1) is 21.0. The van der Waals surface area contributed by atoms with Crippen LogP contribution in [0.2, 0.25) is 0 Å². The van der Waals surface area contributed by atoms with Gasteiger partial charge < -0.3 is 14.5 Å². The molecule has 3 heterocycles. The first-order valence-corrected chi connectivity index (χ1v) is 9.60. The number of aliphatic hydroxyl groups is 1. The van der Waals surface area contributed by atoms with Crippen LogP contribution in [-0.4, -0.2) is 60.0 Å². The summed E-state index contributed by atoms with van der Waals surface area (Å²) >= 11 is 0. The van der Waals surface area contributed by atoms with Gasteiger partial charge in [-0.3, -0.25) is 4.79 Å². The molecule has 0 aliphatic carbocycles. The van der Waals surface area contributed by atoms with Crippen molar-refractivity contribution in [1.82, 2.24) is 30.3 Å². The quantitative estimate of drug-likeness (QED) is 0.669. The van der Waals surface area contributed by atoms with Crippen molar-refractivity contribution < 1.29 is 27.6 Å². The van der Waals surface area contributed by atoms with Crippen LogP contribution in [-0.2, 0) is 0 Å². The van der Waals surface area contributed by atoms with E-state index < -0.39 is 18.0 Å². The number of likely N-dealkylation sites (tertiary alicyclic amines) is 1. The van der Waals surface area contributed by atoms with E-state index in [0.29, 0.717) is 24.1 Å². The monoisotopic (exact) mass is 436 g/mol. The van der Waals surface area contributed by atoms with Gasteiger partial charge in [-0.05, 0) is 37.1 Å². The molecule has 1 N–H and O–H groups in total. The first-order chi connectivity index (χ1) is 14.8. The lowest BCUT2D eigenvalue weighted by Crippen LogP contribution is -2.45. The number of rotatable bonds is 4. The van der Waals surface area contributed by atoms with E-state index in [4.69, 9.17) is 4.52 Å². The van der Waals surface area contributed by atoms with E-state index in [9.17, 15) is 23.1 Å². The van der Waals surface area contributed by atoms with Crippen LogP contribution in [0.1, 0.15) is 53.6 Å². The number of tetrazole rings is 1. The Hall–Kier alpha value is -3.28. The van der Waals surface area contributed by atoms with E-state index in [1.54, 1.807) is 29.2 Å². The summed E-state index contributed by atoms with van der Waals surface area (Å²) in [5.74, 6) is -0.409. The fraction of sp³-hybridized carbons (Fsp3) is 0.421. The van der Waals surface area contributed by atoms with Gasteiger partial charge >= 0.3 is 6.18 Å². The normalized spacial score (nSPS) is 20.6. The maximum Gasteiger partial charge on any atom is 0.420 e. The highest BCUT2D eigenvalue weighted by Crippen LogP contribution is 2.36. The SMILES string of the molecule is C[C@@H]1CC[C@@H](c2cc([C@H](O)C(F)(F)F)no2)CN1C(=O)c1ccccc1-n1ncnn1. The van der Waals surface area contributed by atoms with Crippen LogP contribution < -0.4 is 0 Å². The molecule has 3 aromatic rings. The molecule has 2 aromatic heterocycles. The molecule has 0 spiro atoms. The second kappa shape index (κ2) is 8.10. The molecule has 1 aromatic carbocycles. The van der Waals surface area contributed by atoms with Crippen LogP contribution in [0.25, 0.3) is 5.69 Å². The standard InChI is InChI=1S/C19H19F3N6O3/c1-11-6-7-12(16-8-14(25-31-16)17(29)19(20,21)22)9-27(11)18(30)13-4-2-3-5-15(13)28-24-10-23-26-28/h2-5,8,10-12,17,29H,6-7,9H2,1H3/t11-,12-,17+/m1/s1. The Balaban J connectivity index is 1.57. The molecule has 1 amide bonds. The molecule has 1 saturated heterocycles. The number of hydrogen-bond acceptors (Lipinski definition) is 7. The Morgan fingerprint density at radius 1 is 1.29 bits per heavy atom. The Morgan fingerprint density at radius 2 is 2.06 bits per heavy atom. The van der Waals surface area contributed by atoms with Gasteiger partial charge in [-0.15, -0.1) is 15.0 Å². The van der Waals surface area contributed by atoms with E-state index in [0.717, 1.165) is 6.07 Å². The predicted octanol–water partition coefficient (Wildman–Crippen LogP) is 2.65. The number of piperidine rings is 1. The first-order valence-electron chi connectivity index (χ1n) is 9.60. The molecule has 4 rings (SSSR count). The van der Waals surface area contributed by atoms with E-state index in [1.165, 1.54) is 11.1 Å². The molecular formula is C19H19F3N6O3. The Bertz CT molecular complexity index is 1050.